The van der Waals surface area contributed by atoms with Gasteiger partial charge in [-0.2, -0.15) is 0 Å². The van der Waals surface area contributed by atoms with Crippen LogP contribution in [0.5, 0.6) is 0 Å². The smallest absolute Gasteiger partial charge is 0.249 e. The minimum absolute atomic E-state index is 0.0454. The second-order valence-corrected chi connectivity index (χ2v) is 8.99. The van der Waals surface area contributed by atoms with Crippen LogP contribution >= 0.6 is 9.24 Å². The van der Waals surface area contributed by atoms with Gasteiger partial charge in [-0.05, 0) is 31.4 Å². The number of para-hydroxylation sites is 1. The summed E-state index contributed by atoms with van der Waals surface area (Å²) in [5.74, 6) is 0.485. The Morgan fingerprint density at radius 1 is 1.11 bits per heavy atom. The van der Waals surface area contributed by atoms with Crippen molar-refractivity contribution in [2.24, 2.45) is 4.99 Å². The quantitative estimate of drug-likeness (QED) is 0.126. The number of hydrogen-bond acceptors (Lipinski definition) is 4. The molecule has 0 aromatic heterocycles. The molecule has 1 aliphatic rings. The Hall–Kier alpha value is -2.40. The fourth-order valence-electron chi connectivity index (χ4n) is 3.44. The molecule has 5 nitrogen and oxygen atoms in total. The van der Waals surface area contributed by atoms with Crippen molar-refractivity contribution >= 4 is 32.4 Å². The van der Waals surface area contributed by atoms with Gasteiger partial charge in [-0.25, -0.2) is 13.8 Å². The van der Waals surface area contributed by atoms with E-state index in [-0.39, 0.29) is 5.91 Å². The first-order chi connectivity index (χ1) is 17.2. The number of nitrogens with two attached hydrogens (primary N) is 1. The average molecular weight is 523 g/mol. The van der Waals surface area contributed by atoms with E-state index in [1.165, 1.54) is 54.2 Å². The molecule has 0 bridgehead atoms. The first-order valence-corrected chi connectivity index (χ1v) is 13.6. The van der Waals surface area contributed by atoms with E-state index in [0.717, 1.165) is 17.6 Å². The number of aliphatic imine (C=N–C) groups is 1. The standard InChI is InChI=1S/C18H22N4O.C9H20.CH3F2P/c1-3-4-11-21-18-13(9-10-16(23)22-18)12(2)17(20)14-7-5-6-8-15(14)19;1-3-5-7-9-8-6-4-2;2-1(3)4/h4-8,11,20H,3,9-10,19H2,1-2H3,(H,21,22,23);3-9H2,1-2H3;1H,4H2/b11-4+,13-12+,20-17?;;. The van der Waals surface area contributed by atoms with Gasteiger partial charge in [0.1, 0.15) is 5.84 Å². The van der Waals surface area contributed by atoms with Gasteiger partial charge in [-0.3, -0.25) is 10.2 Å². The van der Waals surface area contributed by atoms with E-state index >= 15 is 0 Å². The molecule has 1 amide bonds. The molecule has 0 spiro atoms. The van der Waals surface area contributed by atoms with E-state index in [4.69, 9.17) is 11.1 Å². The van der Waals surface area contributed by atoms with Gasteiger partial charge in [0.15, 0.2) is 0 Å². The van der Waals surface area contributed by atoms with Crippen LogP contribution in [-0.2, 0) is 4.79 Å². The Balaban J connectivity index is 0.000000783. The number of unbranched alkanes of at least 4 members (excludes halogenated alkanes) is 6. The third-order valence-corrected chi connectivity index (χ3v) is 5.46. The lowest BCUT2D eigenvalue weighted by molar-refractivity contribution is -0.119. The fourth-order valence-corrected chi connectivity index (χ4v) is 3.44. The SMILES string of the molecule is CC/C=C/N=C1\NC(=O)CC\C1=C(\C)C(=N)c1ccccc1N.CCCCCCCCC.FC(F)P. The van der Waals surface area contributed by atoms with Crippen molar-refractivity contribution in [1.29, 1.82) is 5.41 Å². The molecule has 0 radical (unpaired) electrons. The van der Waals surface area contributed by atoms with Crippen LogP contribution in [0.2, 0.25) is 0 Å². The van der Waals surface area contributed by atoms with Crippen LogP contribution in [0.15, 0.2) is 52.7 Å². The van der Waals surface area contributed by atoms with E-state index in [1.54, 1.807) is 12.3 Å². The largest absolute Gasteiger partial charge is 0.398 e. The van der Waals surface area contributed by atoms with Crippen molar-refractivity contribution in [2.45, 2.75) is 98.1 Å². The summed E-state index contributed by atoms with van der Waals surface area (Å²) in [4.78, 5) is 16.0. The van der Waals surface area contributed by atoms with Crippen molar-refractivity contribution in [2.75, 3.05) is 5.73 Å². The summed E-state index contributed by atoms with van der Waals surface area (Å²) in [6, 6.07) is 7.32. The molecule has 1 unspecified atom stereocenters. The summed E-state index contributed by atoms with van der Waals surface area (Å²) in [5.41, 5.74) is 9.27. The van der Waals surface area contributed by atoms with Crippen LogP contribution in [0, 0.1) is 5.41 Å². The van der Waals surface area contributed by atoms with Crippen LogP contribution in [0.1, 0.15) is 97.5 Å². The Kier molecular flexibility index (Phi) is 19.4. The zero-order valence-corrected chi connectivity index (χ0v) is 23.5. The van der Waals surface area contributed by atoms with E-state index in [2.05, 4.69) is 24.2 Å². The molecule has 4 N–H and O–H groups in total. The van der Waals surface area contributed by atoms with Crippen LogP contribution in [0.4, 0.5) is 14.5 Å². The van der Waals surface area contributed by atoms with Gasteiger partial charge in [-0.1, -0.05) is 99.2 Å². The predicted octanol–water partition coefficient (Wildman–Crippen LogP) is 8.03. The Morgan fingerprint density at radius 3 is 2.19 bits per heavy atom. The number of amidine groups is 1. The summed E-state index contributed by atoms with van der Waals surface area (Å²) < 4.78 is 20.6. The van der Waals surface area contributed by atoms with Gasteiger partial charge in [0.2, 0.25) is 12.1 Å². The lowest BCUT2D eigenvalue weighted by atomic mass is 9.93. The third kappa shape index (κ3) is 14.9. The molecule has 202 valence electrons. The summed E-state index contributed by atoms with van der Waals surface area (Å²) in [6.07, 6.45) is 13.2. The van der Waals surface area contributed by atoms with E-state index in [0.29, 0.717) is 35.6 Å². The molecule has 1 fully saturated rings. The number of rotatable bonds is 10. The van der Waals surface area contributed by atoms with Crippen molar-refractivity contribution < 1.29 is 13.6 Å². The average Bonchev–Trinajstić information content (AvgIpc) is 2.84. The van der Waals surface area contributed by atoms with Crippen molar-refractivity contribution in [3.8, 4) is 0 Å². The van der Waals surface area contributed by atoms with Crippen molar-refractivity contribution in [3.63, 3.8) is 0 Å². The van der Waals surface area contributed by atoms with Crippen LogP contribution in [0.3, 0.4) is 0 Å². The minimum Gasteiger partial charge on any atom is -0.398 e. The number of anilines is 1. The van der Waals surface area contributed by atoms with Gasteiger partial charge >= 0.3 is 0 Å². The summed E-state index contributed by atoms with van der Waals surface area (Å²) in [5, 5.41) is 11.2. The second kappa shape index (κ2) is 20.8. The van der Waals surface area contributed by atoms with E-state index in [9.17, 15) is 13.6 Å². The van der Waals surface area contributed by atoms with Gasteiger partial charge in [-0.15, -0.1) is 0 Å². The molecule has 8 heteroatoms. The number of piperidine rings is 1. The first kappa shape index (κ1) is 33.6. The number of nitrogens with zero attached hydrogens (tertiary/aromatic N) is 1. The van der Waals surface area contributed by atoms with Crippen LogP contribution in [-0.4, -0.2) is 23.6 Å². The number of alkyl halides is 2. The molecule has 1 aromatic rings. The molecular weight excluding hydrogens is 477 g/mol. The Morgan fingerprint density at radius 2 is 1.67 bits per heavy atom. The van der Waals surface area contributed by atoms with Gasteiger partial charge < -0.3 is 11.1 Å². The monoisotopic (exact) mass is 522 g/mol. The zero-order valence-electron chi connectivity index (χ0n) is 22.4. The number of halogens is 2. The number of amides is 1. The van der Waals surface area contributed by atoms with Gasteiger partial charge in [0.05, 0.1) is 5.71 Å². The number of benzene rings is 1. The number of carbonyl (C=O) groups excluding carboxylic acids is 1. The van der Waals surface area contributed by atoms with Gasteiger partial charge in [0.25, 0.3) is 0 Å². The maximum absolute atomic E-state index is 11.7. The molecule has 1 atom stereocenters. The van der Waals surface area contributed by atoms with E-state index < -0.39 is 6.17 Å². The molecule has 0 aliphatic carbocycles. The zero-order chi connectivity index (χ0) is 27.3. The first-order valence-electron chi connectivity index (χ1n) is 12.9. The summed E-state index contributed by atoms with van der Waals surface area (Å²) >= 11 is 0. The van der Waals surface area contributed by atoms with Gasteiger partial charge in [0, 0.05) is 29.4 Å². The summed E-state index contributed by atoms with van der Waals surface area (Å²) in [6.45, 7) is 8.42. The highest BCUT2D eigenvalue weighted by atomic mass is 31.0. The number of hydrogen-bond donors (Lipinski definition) is 3. The fraction of sp³-hybridized carbons (Fsp3) is 0.536. The number of allylic oxidation sites excluding steroid dienone is 2. The minimum atomic E-state index is -2.25. The van der Waals surface area contributed by atoms with Crippen molar-refractivity contribution in [3.05, 3.63) is 53.3 Å². The molecular formula is C28H45F2N4OP. The second-order valence-electron chi connectivity index (χ2n) is 8.49. The molecule has 2 rings (SSSR count). The Bertz CT molecular complexity index is 873. The number of nitrogen functional groups attached to an aromatic ring is 1. The molecule has 1 aliphatic heterocycles. The lowest BCUT2D eigenvalue weighted by Gasteiger charge is -2.21. The van der Waals surface area contributed by atoms with Crippen LogP contribution < -0.4 is 11.1 Å². The highest BCUT2D eigenvalue weighted by molar-refractivity contribution is 7.16. The molecule has 36 heavy (non-hydrogen) atoms. The topological polar surface area (TPSA) is 91.3 Å². The molecule has 0 saturated carbocycles. The molecule has 1 saturated heterocycles. The van der Waals surface area contributed by atoms with Crippen molar-refractivity contribution in [1.82, 2.24) is 5.32 Å². The van der Waals surface area contributed by atoms with Crippen LogP contribution in [0.25, 0.3) is 0 Å². The Labute approximate surface area is 218 Å². The summed E-state index contributed by atoms with van der Waals surface area (Å²) in [7, 11) is 1.32. The molecule has 1 aromatic carbocycles. The third-order valence-electron chi connectivity index (χ3n) is 5.46. The maximum Gasteiger partial charge on any atom is 0.249 e. The highest BCUT2D eigenvalue weighted by Gasteiger charge is 2.22. The highest BCUT2D eigenvalue weighted by Crippen LogP contribution is 2.22. The normalized spacial score (nSPS) is 15.7. The predicted molar refractivity (Wildman–Crippen MR) is 154 cm³/mol. The molecule has 1 heterocycles. The number of carbonyl (C=O) groups is 1. The maximum atomic E-state index is 11.7. The number of nitrogens with one attached hydrogen (secondary N) is 2. The van der Waals surface area contributed by atoms with E-state index in [1.807, 2.05) is 38.1 Å². The lowest BCUT2D eigenvalue weighted by Crippen LogP contribution is -2.37.